The van der Waals surface area contributed by atoms with Gasteiger partial charge < -0.3 is 9.47 Å². The van der Waals surface area contributed by atoms with E-state index in [2.05, 4.69) is 6.58 Å². The summed E-state index contributed by atoms with van der Waals surface area (Å²) in [5, 5.41) is 0. The standard InChI is InChI=1S/C10H12N2O4/c1-6-2-11-7(4-15-9(11)13)8-5-16-10(14)12(8)3-6/h7-8H,1-5H2/t7-,8-/m1/s1. The second-order valence-electron chi connectivity index (χ2n) is 4.29. The van der Waals surface area contributed by atoms with Crippen molar-refractivity contribution in [2.45, 2.75) is 12.1 Å². The molecule has 0 unspecified atom stereocenters. The van der Waals surface area contributed by atoms with Gasteiger partial charge in [0.1, 0.15) is 13.2 Å². The summed E-state index contributed by atoms with van der Waals surface area (Å²) in [5.74, 6) is 0. The highest BCUT2D eigenvalue weighted by Gasteiger charge is 2.48. The van der Waals surface area contributed by atoms with Gasteiger partial charge in [0.15, 0.2) is 0 Å². The third kappa shape index (κ3) is 1.19. The van der Waals surface area contributed by atoms with Gasteiger partial charge in [0.25, 0.3) is 0 Å². The minimum atomic E-state index is -0.327. The van der Waals surface area contributed by atoms with Crippen LogP contribution in [0.15, 0.2) is 12.2 Å². The molecule has 3 saturated heterocycles. The van der Waals surface area contributed by atoms with Crippen LogP contribution in [-0.4, -0.2) is 60.4 Å². The number of rotatable bonds is 0. The Labute approximate surface area is 92.4 Å². The fourth-order valence-electron chi connectivity index (χ4n) is 2.46. The molecule has 0 aromatic rings. The van der Waals surface area contributed by atoms with Crippen molar-refractivity contribution in [3.63, 3.8) is 0 Å². The van der Waals surface area contributed by atoms with Crippen molar-refractivity contribution in [1.82, 2.24) is 9.80 Å². The molecule has 3 rings (SSSR count). The van der Waals surface area contributed by atoms with E-state index in [-0.39, 0.29) is 24.3 Å². The lowest BCUT2D eigenvalue weighted by Gasteiger charge is -2.24. The number of amides is 2. The second-order valence-corrected chi connectivity index (χ2v) is 4.29. The van der Waals surface area contributed by atoms with Crippen LogP contribution in [0.2, 0.25) is 0 Å². The summed E-state index contributed by atoms with van der Waals surface area (Å²) in [6, 6.07) is -0.198. The van der Waals surface area contributed by atoms with Gasteiger partial charge in [-0.1, -0.05) is 6.58 Å². The highest BCUT2D eigenvalue weighted by molar-refractivity contribution is 5.74. The van der Waals surface area contributed by atoms with Crippen molar-refractivity contribution < 1.29 is 19.1 Å². The van der Waals surface area contributed by atoms with Crippen molar-refractivity contribution in [3.8, 4) is 0 Å². The van der Waals surface area contributed by atoms with Crippen molar-refractivity contribution in [3.05, 3.63) is 12.2 Å². The van der Waals surface area contributed by atoms with E-state index in [1.54, 1.807) is 9.80 Å². The largest absolute Gasteiger partial charge is 0.447 e. The molecule has 16 heavy (non-hydrogen) atoms. The molecule has 2 atom stereocenters. The smallest absolute Gasteiger partial charge is 0.410 e. The minimum Gasteiger partial charge on any atom is -0.447 e. The summed E-state index contributed by atoms with van der Waals surface area (Å²) in [6.07, 6.45) is -0.653. The van der Waals surface area contributed by atoms with Crippen LogP contribution >= 0.6 is 0 Å². The van der Waals surface area contributed by atoms with Crippen molar-refractivity contribution in [1.29, 1.82) is 0 Å². The second kappa shape index (κ2) is 3.13. The molecule has 0 aromatic carbocycles. The van der Waals surface area contributed by atoms with Crippen LogP contribution in [-0.2, 0) is 9.47 Å². The summed E-state index contributed by atoms with van der Waals surface area (Å²) in [7, 11) is 0. The average molecular weight is 224 g/mol. The number of carbonyl (C=O) groups is 2. The number of hydrogen-bond donors (Lipinski definition) is 0. The zero-order chi connectivity index (χ0) is 11.3. The van der Waals surface area contributed by atoms with Crippen LogP contribution in [0.25, 0.3) is 0 Å². The average Bonchev–Trinajstić information content (AvgIpc) is 2.72. The predicted molar refractivity (Wildman–Crippen MR) is 52.8 cm³/mol. The van der Waals surface area contributed by atoms with Crippen LogP contribution in [0.5, 0.6) is 0 Å². The van der Waals surface area contributed by atoms with Gasteiger partial charge in [-0.3, -0.25) is 9.80 Å². The summed E-state index contributed by atoms with van der Waals surface area (Å²) in [6.45, 7) is 5.44. The Bertz CT molecular complexity index is 347. The maximum Gasteiger partial charge on any atom is 0.410 e. The molecule has 0 N–H and O–H groups in total. The van der Waals surface area contributed by atoms with Crippen LogP contribution in [0.3, 0.4) is 0 Å². The molecule has 6 heteroatoms. The number of cyclic esters (lactones) is 2. The summed E-state index contributed by atoms with van der Waals surface area (Å²) in [5.41, 5.74) is 0.824. The van der Waals surface area contributed by atoms with Gasteiger partial charge in [-0.2, -0.15) is 0 Å². The van der Waals surface area contributed by atoms with Gasteiger partial charge in [-0.25, -0.2) is 9.59 Å². The van der Waals surface area contributed by atoms with E-state index in [0.717, 1.165) is 5.57 Å². The van der Waals surface area contributed by atoms with Gasteiger partial charge in [0.2, 0.25) is 0 Å². The molecule has 2 amide bonds. The first-order chi connectivity index (χ1) is 7.66. The van der Waals surface area contributed by atoms with Crippen LogP contribution in [0.1, 0.15) is 0 Å². The molecular formula is C10H12N2O4. The Morgan fingerprint density at radius 2 is 1.44 bits per heavy atom. The Morgan fingerprint density at radius 1 is 1.00 bits per heavy atom. The van der Waals surface area contributed by atoms with Gasteiger partial charge >= 0.3 is 12.2 Å². The van der Waals surface area contributed by atoms with E-state index in [1.165, 1.54) is 0 Å². The fourth-order valence-corrected chi connectivity index (χ4v) is 2.46. The molecule has 0 saturated carbocycles. The first kappa shape index (κ1) is 9.50. The molecule has 3 aliphatic heterocycles. The summed E-state index contributed by atoms with van der Waals surface area (Å²) < 4.78 is 10.00. The topological polar surface area (TPSA) is 59.1 Å². The van der Waals surface area contributed by atoms with E-state index in [9.17, 15) is 9.59 Å². The normalized spacial score (nSPS) is 33.1. The third-order valence-corrected chi connectivity index (χ3v) is 3.26. The molecule has 0 bridgehead atoms. The first-order valence-electron chi connectivity index (χ1n) is 5.20. The minimum absolute atomic E-state index is 0.0989. The maximum atomic E-state index is 11.5. The van der Waals surface area contributed by atoms with Gasteiger partial charge in [0, 0.05) is 13.1 Å². The highest BCUT2D eigenvalue weighted by Crippen LogP contribution is 2.28. The van der Waals surface area contributed by atoms with E-state index in [0.29, 0.717) is 26.3 Å². The van der Waals surface area contributed by atoms with Gasteiger partial charge in [-0.05, 0) is 5.57 Å². The van der Waals surface area contributed by atoms with Crippen LogP contribution < -0.4 is 0 Å². The zero-order valence-corrected chi connectivity index (χ0v) is 8.72. The Morgan fingerprint density at radius 3 is 1.88 bits per heavy atom. The molecule has 6 nitrogen and oxygen atoms in total. The first-order valence-corrected chi connectivity index (χ1v) is 5.20. The van der Waals surface area contributed by atoms with Gasteiger partial charge in [-0.15, -0.1) is 0 Å². The lowest BCUT2D eigenvalue weighted by atomic mass is 10.1. The van der Waals surface area contributed by atoms with E-state index >= 15 is 0 Å². The molecule has 3 heterocycles. The number of fused-ring (bicyclic) bond motifs is 3. The molecule has 3 aliphatic rings. The maximum absolute atomic E-state index is 11.5. The van der Waals surface area contributed by atoms with Crippen molar-refractivity contribution in [2.75, 3.05) is 26.3 Å². The predicted octanol–water partition coefficient (Wildman–Crippen LogP) is 0.198. The Balaban J connectivity index is 1.94. The molecule has 3 fully saturated rings. The summed E-state index contributed by atoms with van der Waals surface area (Å²) in [4.78, 5) is 26.3. The molecule has 0 aromatic heterocycles. The number of hydrogen-bond acceptors (Lipinski definition) is 4. The summed E-state index contributed by atoms with van der Waals surface area (Å²) >= 11 is 0. The molecule has 86 valence electrons. The zero-order valence-electron chi connectivity index (χ0n) is 8.72. The lowest BCUT2D eigenvalue weighted by Crippen LogP contribution is -2.47. The third-order valence-electron chi connectivity index (χ3n) is 3.26. The number of ether oxygens (including phenoxy) is 2. The number of nitrogens with zero attached hydrogens (tertiary/aromatic N) is 2. The van der Waals surface area contributed by atoms with Crippen molar-refractivity contribution in [2.24, 2.45) is 0 Å². The SMILES string of the molecule is C=C1CN2C(=O)OC[C@@H]2[C@H]2COC(=O)N2C1. The van der Waals surface area contributed by atoms with E-state index in [4.69, 9.17) is 9.47 Å². The Hall–Kier alpha value is -1.72. The fraction of sp³-hybridized carbons (Fsp3) is 0.600. The quantitative estimate of drug-likeness (QED) is 0.551. The van der Waals surface area contributed by atoms with Crippen LogP contribution in [0, 0.1) is 0 Å². The van der Waals surface area contributed by atoms with Gasteiger partial charge in [0.05, 0.1) is 12.1 Å². The lowest BCUT2D eigenvalue weighted by molar-refractivity contribution is 0.158. The van der Waals surface area contributed by atoms with Crippen LogP contribution in [0.4, 0.5) is 9.59 Å². The molecule has 0 aliphatic carbocycles. The molecular weight excluding hydrogens is 212 g/mol. The van der Waals surface area contributed by atoms with Crippen molar-refractivity contribution >= 4 is 12.2 Å². The number of carbonyl (C=O) groups excluding carboxylic acids is 2. The highest BCUT2D eigenvalue weighted by atomic mass is 16.6. The van der Waals surface area contributed by atoms with E-state index in [1.807, 2.05) is 0 Å². The monoisotopic (exact) mass is 224 g/mol. The van der Waals surface area contributed by atoms with E-state index < -0.39 is 0 Å². The molecule has 0 spiro atoms. The molecule has 0 radical (unpaired) electrons. The Kier molecular flexibility index (Phi) is 1.86.